The van der Waals surface area contributed by atoms with E-state index in [0.29, 0.717) is 73.8 Å². The minimum absolute atomic E-state index is 0.141. The number of urea groups is 1. The summed E-state index contributed by atoms with van der Waals surface area (Å²) in [7, 11) is 3.82. The van der Waals surface area contributed by atoms with Crippen LogP contribution in [0.5, 0.6) is 0 Å². The molecule has 2 saturated heterocycles. The van der Waals surface area contributed by atoms with Crippen molar-refractivity contribution in [2.24, 2.45) is 24.9 Å². The van der Waals surface area contributed by atoms with Crippen molar-refractivity contribution < 1.29 is 14.3 Å². The number of benzene rings is 3. The van der Waals surface area contributed by atoms with Crippen LogP contribution >= 0.6 is 23.2 Å². The van der Waals surface area contributed by atoms with E-state index in [0.717, 1.165) is 67.3 Å². The smallest absolute Gasteiger partial charge is 0.410 e. The van der Waals surface area contributed by atoms with Gasteiger partial charge in [-0.2, -0.15) is 0 Å². The molecular weight excluding hydrogens is 1050 g/mol. The van der Waals surface area contributed by atoms with Gasteiger partial charge in [0, 0.05) is 106 Å². The van der Waals surface area contributed by atoms with Gasteiger partial charge in [-0.05, 0) is 132 Å². The normalized spacial score (nSPS) is 17.8. The molecule has 0 spiro atoms. The predicted molar refractivity (Wildman–Crippen MR) is 310 cm³/mol. The van der Waals surface area contributed by atoms with Crippen LogP contribution in [0.15, 0.2) is 127 Å². The number of halogens is 2. The number of amides is 3. The van der Waals surface area contributed by atoms with Gasteiger partial charge in [-0.1, -0.05) is 64.7 Å². The molecule has 0 radical (unpaired) electrons. The first kappa shape index (κ1) is 55.0. The zero-order valence-corrected chi connectivity index (χ0v) is 46.5. The summed E-state index contributed by atoms with van der Waals surface area (Å²) in [5, 5.41) is 8.37. The lowest BCUT2D eigenvalue weighted by Crippen LogP contribution is -2.51. The maximum absolute atomic E-state index is 13.0. The first-order valence-corrected chi connectivity index (χ1v) is 27.0. The van der Waals surface area contributed by atoms with Crippen LogP contribution in [0.3, 0.4) is 0 Å². The highest BCUT2D eigenvalue weighted by atomic mass is 35.5. The van der Waals surface area contributed by atoms with Crippen LogP contribution in [0, 0.1) is 6.57 Å². The molecule has 4 atom stereocenters. The quantitative estimate of drug-likeness (QED) is 0.0636. The fourth-order valence-corrected chi connectivity index (χ4v) is 11.2. The van der Waals surface area contributed by atoms with E-state index < -0.39 is 17.7 Å². The van der Waals surface area contributed by atoms with Crippen molar-refractivity contribution >= 4 is 70.0 Å². The van der Waals surface area contributed by atoms with Gasteiger partial charge in [0.15, 0.2) is 5.69 Å². The summed E-state index contributed by atoms with van der Waals surface area (Å²) < 4.78 is 9.39. The van der Waals surface area contributed by atoms with Crippen LogP contribution in [-0.2, 0) is 18.8 Å². The van der Waals surface area contributed by atoms with Crippen LogP contribution < -0.4 is 11.1 Å². The highest BCUT2D eigenvalue weighted by Gasteiger charge is 2.38. The molecule has 7 aromatic rings. The van der Waals surface area contributed by atoms with Crippen molar-refractivity contribution in [3.8, 4) is 0 Å². The molecule has 2 aliphatic carbocycles. The Labute approximate surface area is 474 Å². The molecule has 0 bridgehead atoms. The number of anilines is 1. The van der Waals surface area contributed by atoms with Crippen LogP contribution in [0.2, 0.25) is 10.0 Å². The molecule has 408 valence electrons. The number of nitrogens with two attached hydrogens (primary N) is 1. The van der Waals surface area contributed by atoms with Crippen LogP contribution in [0.4, 0.5) is 21.0 Å². The van der Waals surface area contributed by atoms with Gasteiger partial charge in [-0.25, -0.2) is 24.4 Å². The van der Waals surface area contributed by atoms with E-state index in [1.165, 1.54) is 0 Å². The van der Waals surface area contributed by atoms with Crippen molar-refractivity contribution in [3.63, 3.8) is 0 Å². The fourth-order valence-electron chi connectivity index (χ4n) is 10.9. The molecule has 3 aromatic carbocycles. The summed E-state index contributed by atoms with van der Waals surface area (Å²) in [6.45, 7) is 17.5. The first-order chi connectivity index (χ1) is 38.6. The number of nitrogens with zero attached hydrogens (tertiary/aromatic N) is 14. The summed E-state index contributed by atoms with van der Waals surface area (Å²) in [5.41, 5.74) is 28.2. The second kappa shape index (κ2) is 23.6. The lowest BCUT2D eigenvalue weighted by Gasteiger charge is -2.40. The maximum Gasteiger partial charge on any atom is 0.410 e. The first-order valence-electron chi connectivity index (χ1n) is 26.2. The SMILES string of the molecule is Cn1cncc1C(N=[N+]=[N-])C1=Cc2cccnc2[C@@H](N2CCN(C(=O)OC(C)(C)C)CC2)c2ccc(Cl)cc21.[C-]#[N+]c1ccc(NC(=O)N2CCN([C@H]3c4ccc(Cl)cc4C(C(N)c4cncn4C)=Cc4cccnc43)CC2)cc1. The average molecular weight is 1110 g/mol. The summed E-state index contributed by atoms with van der Waals surface area (Å²) in [6, 6.07) is 25.1. The maximum atomic E-state index is 13.0. The number of pyridine rings is 2. The number of ether oxygens (including phenoxy) is 1. The topological polar surface area (TPSA) is 209 Å². The molecule has 6 heterocycles. The molecular formula is C59H60Cl2N16O3. The zero-order chi connectivity index (χ0) is 56.2. The van der Waals surface area contributed by atoms with Gasteiger partial charge in [-0.15, -0.1) is 0 Å². The van der Waals surface area contributed by atoms with Crippen molar-refractivity contribution in [1.29, 1.82) is 0 Å². The molecule has 4 aliphatic rings. The Bertz CT molecular complexity index is 3600. The van der Waals surface area contributed by atoms with E-state index in [9.17, 15) is 15.1 Å². The van der Waals surface area contributed by atoms with E-state index in [2.05, 4.69) is 58.2 Å². The highest BCUT2D eigenvalue weighted by Crippen LogP contribution is 2.47. The number of azide groups is 1. The van der Waals surface area contributed by atoms with E-state index in [-0.39, 0.29) is 24.2 Å². The van der Waals surface area contributed by atoms with Gasteiger partial charge >= 0.3 is 12.1 Å². The van der Waals surface area contributed by atoms with Crippen LogP contribution in [0.1, 0.15) is 101 Å². The molecule has 19 nitrogen and oxygen atoms in total. The van der Waals surface area contributed by atoms with Gasteiger partial charge in [0.25, 0.3) is 0 Å². The number of piperazine rings is 2. The number of imidazole rings is 2. The number of carbonyl (C=O) groups excluding carboxylic acids is 2. The second-order valence-corrected chi connectivity index (χ2v) is 21.9. The number of hydrogen-bond donors (Lipinski definition) is 2. The van der Waals surface area contributed by atoms with Crippen LogP contribution in [-0.4, -0.2) is 119 Å². The summed E-state index contributed by atoms with van der Waals surface area (Å²) in [5.74, 6) is 0. The van der Waals surface area contributed by atoms with Gasteiger partial charge in [0.05, 0.1) is 66.3 Å². The number of carbonyl (C=O) groups is 2. The summed E-state index contributed by atoms with van der Waals surface area (Å²) in [4.78, 5) is 58.8. The highest BCUT2D eigenvalue weighted by molar-refractivity contribution is 6.31. The predicted octanol–water partition coefficient (Wildman–Crippen LogP) is 11.5. The van der Waals surface area contributed by atoms with Gasteiger partial charge < -0.3 is 34.7 Å². The molecule has 4 aromatic heterocycles. The van der Waals surface area contributed by atoms with Gasteiger partial charge in [0.2, 0.25) is 0 Å². The lowest BCUT2D eigenvalue weighted by molar-refractivity contribution is 0.0118. The van der Waals surface area contributed by atoms with Crippen LogP contribution in [0.25, 0.3) is 38.6 Å². The Morgan fingerprint density at radius 2 is 1.25 bits per heavy atom. The molecule has 3 N–H and O–H groups in total. The molecule has 11 rings (SSSR count). The second-order valence-electron chi connectivity index (χ2n) is 21.0. The lowest BCUT2D eigenvalue weighted by atomic mass is 9.90. The average Bonchev–Trinajstić information content (AvgIpc) is 4.12. The number of nitrogens with one attached hydrogen (secondary N) is 1. The molecule has 21 heteroatoms. The molecule has 2 fully saturated rings. The molecule has 80 heavy (non-hydrogen) atoms. The molecule has 2 unspecified atom stereocenters. The fraction of sp³-hybridized carbons (Fsp3) is 0.305. The largest absolute Gasteiger partial charge is 0.444 e. The van der Waals surface area contributed by atoms with E-state index >= 15 is 0 Å². The Hall–Kier alpha value is -8.34. The van der Waals surface area contributed by atoms with E-state index in [1.807, 2.05) is 110 Å². The number of aromatic nitrogens is 6. The Morgan fingerprint density at radius 1 is 0.738 bits per heavy atom. The third kappa shape index (κ3) is 11.7. The monoisotopic (exact) mass is 1110 g/mol. The van der Waals surface area contributed by atoms with Gasteiger partial charge in [-0.3, -0.25) is 19.8 Å². The third-order valence-electron chi connectivity index (χ3n) is 14.8. The Kier molecular flexibility index (Phi) is 16.2. The minimum atomic E-state index is -0.629. The molecule has 0 saturated carbocycles. The third-order valence-corrected chi connectivity index (χ3v) is 15.2. The van der Waals surface area contributed by atoms with E-state index in [4.69, 9.17) is 50.2 Å². The Morgan fingerprint density at radius 3 is 1.75 bits per heavy atom. The van der Waals surface area contributed by atoms with Crippen molar-refractivity contribution in [1.82, 2.24) is 48.7 Å². The number of rotatable bonds is 8. The van der Waals surface area contributed by atoms with Crippen molar-refractivity contribution in [2.75, 3.05) is 57.7 Å². The minimum Gasteiger partial charge on any atom is -0.444 e. The summed E-state index contributed by atoms with van der Waals surface area (Å²) >= 11 is 13.1. The summed E-state index contributed by atoms with van der Waals surface area (Å²) in [6.07, 6.45) is 14.4. The Balaban J connectivity index is 0.000000180. The van der Waals surface area contributed by atoms with E-state index in [1.54, 1.807) is 60.4 Å². The van der Waals surface area contributed by atoms with Crippen molar-refractivity contribution in [2.45, 2.75) is 50.5 Å². The molecule has 2 aliphatic heterocycles. The number of hydrogen-bond acceptors (Lipinski definition) is 11. The zero-order valence-electron chi connectivity index (χ0n) is 45.0. The van der Waals surface area contributed by atoms with Crippen molar-refractivity contribution in [3.05, 3.63) is 210 Å². The van der Waals surface area contributed by atoms with Gasteiger partial charge in [0.1, 0.15) is 11.6 Å². The number of aryl methyl sites for hydroxylation is 2. The number of fused-ring (bicyclic) bond motifs is 4. The molecule has 3 amide bonds. The standard InChI is InChI=1S/C31H29ClN8O.C28H31ClN8O2/c1-34-22-6-8-23(9-7-22)37-31(41)40-14-12-39(13-15-40)30-24-10-5-21(32)17-25(24)26(16-20-4-3-11-36-29(20)30)28(33)27-18-35-19-38(27)2;1-28(2,3)39-27(38)37-12-10-36(11-13-37)26-20-8-7-19(29)15-21(20)22(14-18-6-5-9-32-24(18)26)25(33-34-30)23-16-31-17-35(23)4/h3-11,16-19,28,30H,12-15,33H2,2H3,(H,37,41);5-9,14-17,25-26H,10-13H2,1-4H3/t28?,30-;25?,26-/m00/s1.